The van der Waals surface area contributed by atoms with E-state index in [-0.39, 0.29) is 13.0 Å². The quantitative estimate of drug-likeness (QED) is 0.695. The van der Waals surface area contributed by atoms with Crippen LogP contribution in [0.2, 0.25) is 0 Å². The molecule has 3 atom stereocenters. The van der Waals surface area contributed by atoms with E-state index in [2.05, 4.69) is 0 Å². The Balaban J connectivity index is 2.04. The number of carboxylic acids is 1. The van der Waals surface area contributed by atoms with Crippen LogP contribution in [0.3, 0.4) is 0 Å². The van der Waals surface area contributed by atoms with E-state index in [0.29, 0.717) is 6.42 Å². The number of nitrogens with zero attached hydrogens (tertiary/aromatic N) is 1. The highest BCUT2D eigenvalue weighted by Crippen LogP contribution is 2.19. The van der Waals surface area contributed by atoms with Gasteiger partial charge in [0.15, 0.2) is 0 Å². The number of benzene rings is 1. The molecular weight excluding hydrogens is 260 g/mol. The molecule has 0 radical (unpaired) electrons. The molecule has 4 N–H and O–H groups in total. The van der Waals surface area contributed by atoms with Crippen LogP contribution in [-0.4, -0.2) is 51.7 Å². The standard InChI is InChI=1S/C14H18N2O4/c15-11(6-9-4-2-1-3-5-9)13(18)16-8-10(17)7-12(16)14(19)20/h1-5,10-12,17H,6-8,15H2,(H,19,20)/t10-,11-,12+/m1/s1. The third-order valence-electron chi connectivity index (χ3n) is 3.46. The van der Waals surface area contributed by atoms with Crippen LogP contribution in [0.15, 0.2) is 30.3 Å². The number of aliphatic hydroxyl groups excluding tert-OH is 1. The summed E-state index contributed by atoms with van der Waals surface area (Å²) in [5.74, 6) is -1.54. The predicted molar refractivity (Wildman–Crippen MR) is 71.9 cm³/mol. The molecule has 1 aromatic rings. The molecule has 1 heterocycles. The van der Waals surface area contributed by atoms with Crippen molar-refractivity contribution in [3.8, 4) is 0 Å². The lowest BCUT2D eigenvalue weighted by atomic mass is 10.1. The van der Waals surface area contributed by atoms with Gasteiger partial charge in [-0.05, 0) is 12.0 Å². The van der Waals surface area contributed by atoms with Gasteiger partial charge in [-0.1, -0.05) is 30.3 Å². The summed E-state index contributed by atoms with van der Waals surface area (Å²) in [6.45, 7) is 0.0261. The van der Waals surface area contributed by atoms with Gasteiger partial charge in [-0.15, -0.1) is 0 Å². The molecule has 108 valence electrons. The summed E-state index contributed by atoms with van der Waals surface area (Å²) < 4.78 is 0. The van der Waals surface area contributed by atoms with Gasteiger partial charge in [0.05, 0.1) is 12.1 Å². The number of nitrogens with two attached hydrogens (primary N) is 1. The van der Waals surface area contributed by atoms with Crippen LogP contribution in [0.5, 0.6) is 0 Å². The molecule has 1 amide bonds. The molecule has 1 aliphatic heterocycles. The predicted octanol–water partition coefficient (Wildman–Crippen LogP) is -0.397. The minimum atomic E-state index is -1.11. The molecule has 6 heteroatoms. The van der Waals surface area contributed by atoms with Crippen molar-refractivity contribution in [1.29, 1.82) is 0 Å². The number of carbonyl (C=O) groups is 2. The largest absolute Gasteiger partial charge is 0.480 e. The van der Waals surface area contributed by atoms with E-state index in [0.717, 1.165) is 5.56 Å². The summed E-state index contributed by atoms with van der Waals surface area (Å²) in [5, 5.41) is 18.6. The number of carboxylic acid groups (broad SMARTS) is 1. The van der Waals surface area contributed by atoms with Crippen LogP contribution in [0.25, 0.3) is 0 Å². The monoisotopic (exact) mass is 278 g/mol. The number of hydrogen-bond acceptors (Lipinski definition) is 4. The zero-order valence-corrected chi connectivity index (χ0v) is 11.0. The van der Waals surface area contributed by atoms with Crippen molar-refractivity contribution in [3.63, 3.8) is 0 Å². The highest BCUT2D eigenvalue weighted by atomic mass is 16.4. The van der Waals surface area contributed by atoms with Crippen LogP contribution in [-0.2, 0) is 16.0 Å². The molecule has 2 rings (SSSR count). The van der Waals surface area contributed by atoms with E-state index in [9.17, 15) is 14.7 Å². The van der Waals surface area contributed by atoms with E-state index in [1.165, 1.54) is 4.90 Å². The number of rotatable bonds is 4. The molecule has 1 aliphatic rings. The van der Waals surface area contributed by atoms with Gasteiger partial charge < -0.3 is 20.8 Å². The zero-order valence-electron chi connectivity index (χ0n) is 11.0. The van der Waals surface area contributed by atoms with Gasteiger partial charge in [-0.2, -0.15) is 0 Å². The summed E-state index contributed by atoms with van der Waals surface area (Å²) >= 11 is 0. The lowest BCUT2D eigenvalue weighted by Gasteiger charge is -2.24. The Labute approximate surface area is 116 Å². The molecule has 0 aliphatic carbocycles. The van der Waals surface area contributed by atoms with Gasteiger partial charge in [-0.3, -0.25) is 4.79 Å². The fourth-order valence-electron chi connectivity index (χ4n) is 2.46. The van der Waals surface area contributed by atoms with E-state index < -0.39 is 30.1 Å². The Morgan fingerprint density at radius 1 is 1.35 bits per heavy atom. The maximum atomic E-state index is 12.2. The molecule has 0 spiro atoms. The van der Waals surface area contributed by atoms with Crippen LogP contribution in [0.1, 0.15) is 12.0 Å². The lowest BCUT2D eigenvalue weighted by Crippen LogP contribution is -2.49. The summed E-state index contributed by atoms with van der Waals surface area (Å²) in [6.07, 6.45) is -0.401. The highest BCUT2D eigenvalue weighted by Gasteiger charge is 2.40. The van der Waals surface area contributed by atoms with Gasteiger partial charge >= 0.3 is 5.97 Å². The fraction of sp³-hybridized carbons (Fsp3) is 0.429. The molecule has 1 fully saturated rings. The first kappa shape index (κ1) is 14.5. The molecule has 0 bridgehead atoms. The first-order valence-corrected chi connectivity index (χ1v) is 6.50. The molecule has 0 unspecified atom stereocenters. The molecule has 1 aromatic carbocycles. The molecule has 0 aromatic heterocycles. The van der Waals surface area contributed by atoms with Gasteiger partial charge in [-0.25, -0.2) is 4.79 Å². The Morgan fingerprint density at radius 3 is 2.60 bits per heavy atom. The van der Waals surface area contributed by atoms with Crippen molar-refractivity contribution in [2.45, 2.75) is 31.0 Å². The Bertz CT molecular complexity index is 491. The average Bonchev–Trinajstić information content (AvgIpc) is 2.81. The molecule has 6 nitrogen and oxygen atoms in total. The van der Waals surface area contributed by atoms with Gasteiger partial charge in [0.25, 0.3) is 0 Å². The normalized spacial score (nSPS) is 23.6. The van der Waals surface area contributed by atoms with Crippen molar-refractivity contribution < 1.29 is 19.8 Å². The lowest BCUT2D eigenvalue weighted by molar-refractivity contribution is -0.148. The first-order valence-electron chi connectivity index (χ1n) is 6.50. The Morgan fingerprint density at radius 2 is 2.00 bits per heavy atom. The van der Waals surface area contributed by atoms with Crippen LogP contribution >= 0.6 is 0 Å². The summed E-state index contributed by atoms with van der Waals surface area (Å²) in [5.41, 5.74) is 6.79. The van der Waals surface area contributed by atoms with Gasteiger partial charge in [0.1, 0.15) is 6.04 Å². The summed E-state index contributed by atoms with van der Waals surface area (Å²) in [4.78, 5) is 24.5. The smallest absolute Gasteiger partial charge is 0.326 e. The number of β-amino-alcohol motifs (C(OH)–C–C–N with tert-alkyl or cyclic N) is 1. The second-order valence-corrected chi connectivity index (χ2v) is 5.03. The third-order valence-corrected chi connectivity index (χ3v) is 3.46. The second kappa shape index (κ2) is 6.02. The van der Waals surface area contributed by atoms with Gasteiger partial charge in [0.2, 0.25) is 5.91 Å². The molecule has 1 saturated heterocycles. The van der Waals surface area contributed by atoms with Crippen molar-refractivity contribution in [3.05, 3.63) is 35.9 Å². The second-order valence-electron chi connectivity index (χ2n) is 5.03. The van der Waals surface area contributed by atoms with Crippen molar-refractivity contribution in [2.24, 2.45) is 5.73 Å². The van der Waals surface area contributed by atoms with Crippen molar-refractivity contribution in [2.75, 3.05) is 6.54 Å². The average molecular weight is 278 g/mol. The highest BCUT2D eigenvalue weighted by molar-refractivity contribution is 5.87. The number of amides is 1. The van der Waals surface area contributed by atoms with E-state index >= 15 is 0 Å². The minimum Gasteiger partial charge on any atom is -0.480 e. The van der Waals surface area contributed by atoms with Crippen LogP contribution in [0, 0.1) is 0 Å². The minimum absolute atomic E-state index is 0.0261. The molecular formula is C14H18N2O4. The Kier molecular flexibility index (Phi) is 4.36. The third kappa shape index (κ3) is 3.15. The number of carbonyl (C=O) groups excluding carboxylic acids is 1. The topological polar surface area (TPSA) is 104 Å². The number of likely N-dealkylation sites (tertiary alicyclic amines) is 1. The Hall–Kier alpha value is -1.92. The zero-order chi connectivity index (χ0) is 14.7. The van der Waals surface area contributed by atoms with E-state index in [4.69, 9.17) is 10.8 Å². The van der Waals surface area contributed by atoms with Crippen molar-refractivity contribution >= 4 is 11.9 Å². The molecule has 0 saturated carbocycles. The first-order chi connectivity index (χ1) is 9.49. The van der Waals surface area contributed by atoms with E-state index in [1.54, 1.807) is 0 Å². The van der Waals surface area contributed by atoms with Gasteiger partial charge in [0, 0.05) is 13.0 Å². The number of aliphatic carboxylic acids is 1. The van der Waals surface area contributed by atoms with Crippen LogP contribution < -0.4 is 5.73 Å². The maximum Gasteiger partial charge on any atom is 0.326 e. The van der Waals surface area contributed by atoms with Crippen molar-refractivity contribution in [1.82, 2.24) is 4.90 Å². The number of aliphatic hydroxyl groups is 1. The number of hydrogen-bond donors (Lipinski definition) is 3. The maximum absolute atomic E-state index is 12.2. The SMILES string of the molecule is N[C@H](Cc1ccccc1)C(=O)N1C[C@H](O)C[C@H]1C(=O)O. The van der Waals surface area contributed by atoms with Crippen LogP contribution in [0.4, 0.5) is 0 Å². The molecule has 20 heavy (non-hydrogen) atoms. The fourth-order valence-corrected chi connectivity index (χ4v) is 2.46. The summed E-state index contributed by atoms with van der Waals surface area (Å²) in [7, 11) is 0. The summed E-state index contributed by atoms with van der Waals surface area (Å²) in [6, 6.07) is 7.51. The van der Waals surface area contributed by atoms with E-state index in [1.807, 2.05) is 30.3 Å².